The first kappa shape index (κ1) is 13.8. The smallest absolute Gasteiger partial charge is 0.308 e. The lowest BCUT2D eigenvalue weighted by molar-refractivity contribution is -0.141. The summed E-state index contributed by atoms with van der Waals surface area (Å²) >= 11 is 0. The third-order valence-electron chi connectivity index (χ3n) is 2.99. The molecule has 0 heterocycles. The van der Waals surface area contributed by atoms with Crippen molar-refractivity contribution in [2.24, 2.45) is 0 Å². The average Bonchev–Trinajstić information content (AvgIpc) is 3.22. The van der Waals surface area contributed by atoms with Crippen molar-refractivity contribution in [3.63, 3.8) is 0 Å². The van der Waals surface area contributed by atoms with Gasteiger partial charge in [0.1, 0.15) is 0 Å². The Hall–Kier alpha value is -1.62. The lowest BCUT2D eigenvalue weighted by atomic mass is 10.2. The normalized spacial score (nSPS) is 14.2. The van der Waals surface area contributed by atoms with E-state index < -0.39 is 5.82 Å². The molecular formula is C14H18FNO3. The van der Waals surface area contributed by atoms with Crippen LogP contribution in [0.5, 0.6) is 5.75 Å². The van der Waals surface area contributed by atoms with Crippen LogP contribution < -0.4 is 10.1 Å². The van der Waals surface area contributed by atoms with Gasteiger partial charge in [-0.1, -0.05) is 12.1 Å². The van der Waals surface area contributed by atoms with Gasteiger partial charge < -0.3 is 14.8 Å². The third kappa shape index (κ3) is 4.21. The second kappa shape index (κ2) is 6.52. The summed E-state index contributed by atoms with van der Waals surface area (Å²) in [5, 5.41) is 3.31. The molecule has 0 saturated heterocycles. The van der Waals surface area contributed by atoms with Crippen molar-refractivity contribution >= 4 is 5.97 Å². The van der Waals surface area contributed by atoms with E-state index in [1.165, 1.54) is 26.0 Å². The number of hydrogen-bond acceptors (Lipinski definition) is 4. The Morgan fingerprint density at radius 1 is 1.47 bits per heavy atom. The first-order valence-corrected chi connectivity index (χ1v) is 6.41. The summed E-state index contributed by atoms with van der Waals surface area (Å²) < 4.78 is 23.6. The number of para-hydroxylation sites is 1. The molecule has 1 aromatic carbocycles. The molecule has 1 aromatic rings. The number of nitrogens with one attached hydrogen (secondary N) is 1. The lowest BCUT2D eigenvalue weighted by Crippen LogP contribution is -2.17. The van der Waals surface area contributed by atoms with Gasteiger partial charge in [-0.25, -0.2) is 4.39 Å². The quantitative estimate of drug-likeness (QED) is 0.768. The number of halogens is 1. The molecule has 1 fully saturated rings. The molecule has 0 radical (unpaired) electrons. The number of esters is 1. The Kier molecular flexibility index (Phi) is 4.74. The minimum Gasteiger partial charge on any atom is -0.490 e. The minimum atomic E-state index is -0.403. The van der Waals surface area contributed by atoms with E-state index in [0.717, 1.165) is 5.56 Å². The zero-order valence-corrected chi connectivity index (χ0v) is 10.9. The van der Waals surface area contributed by atoms with Gasteiger partial charge in [-0.2, -0.15) is 0 Å². The van der Waals surface area contributed by atoms with Crippen LogP contribution in [0, 0.1) is 5.82 Å². The number of carbonyl (C=O) groups is 1. The van der Waals surface area contributed by atoms with Gasteiger partial charge in [0.05, 0.1) is 20.1 Å². The molecule has 0 amide bonds. The van der Waals surface area contributed by atoms with E-state index in [2.05, 4.69) is 10.1 Å². The Bertz CT molecular complexity index is 446. The molecule has 1 N–H and O–H groups in total. The third-order valence-corrected chi connectivity index (χ3v) is 2.99. The molecule has 0 spiro atoms. The van der Waals surface area contributed by atoms with Gasteiger partial charge in [-0.15, -0.1) is 0 Å². The first-order valence-electron chi connectivity index (χ1n) is 6.41. The van der Waals surface area contributed by atoms with Crippen molar-refractivity contribution in [3.05, 3.63) is 29.6 Å². The van der Waals surface area contributed by atoms with Gasteiger partial charge in [-0.05, 0) is 18.9 Å². The molecule has 4 nitrogen and oxygen atoms in total. The van der Waals surface area contributed by atoms with Crippen LogP contribution in [-0.2, 0) is 16.1 Å². The number of methoxy groups -OCH3 is 1. The molecule has 1 saturated carbocycles. The molecular weight excluding hydrogens is 249 g/mol. The Morgan fingerprint density at radius 2 is 2.26 bits per heavy atom. The molecule has 0 bridgehead atoms. The highest BCUT2D eigenvalue weighted by Gasteiger charge is 2.21. The number of benzene rings is 1. The van der Waals surface area contributed by atoms with Gasteiger partial charge in [-0.3, -0.25) is 4.79 Å². The van der Waals surface area contributed by atoms with Crippen LogP contribution in [0.1, 0.15) is 24.8 Å². The Labute approximate surface area is 111 Å². The molecule has 2 rings (SSSR count). The van der Waals surface area contributed by atoms with Crippen molar-refractivity contribution in [1.82, 2.24) is 5.32 Å². The minimum absolute atomic E-state index is 0.111. The Morgan fingerprint density at radius 3 is 2.95 bits per heavy atom. The molecule has 0 aliphatic heterocycles. The van der Waals surface area contributed by atoms with Gasteiger partial charge in [0, 0.05) is 18.2 Å². The second-order valence-electron chi connectivity index (χ2n) is 4.56. The van der Waals surface area contributed by atoms with E-state index in [1.807, 2.05) is 6.07 Å². The van der Waals surface area contributed by atoms with Crippen LogP contribution in [0.25, 0.3) is 0 Å². The number of hydrogen-bond donors (Lipinski definition) is 1. The predicted octanol–water partition coefficient (Wildman–Crippen LogP) is 2.02. The maximum Gasteiger partial charge on any atom is 0.308 e. The fourth-order valence-electron chi connectivity index (χ4n) is 1.73. The molecule has 5 heteroatoms. The van der Waals surface area contributed by atoms with Crippen molar-refractivity contribution in [3.8, 4) is 5.75 Å². The van der Waals surface area contributed by atoms with Crippen LogP contribution in [0.15, 0.2) is 18.2 Å². The maximum atomic E-state index is 13.7. The predicted molar refractivity (Wildman–Crippen MR) is 68.4 cm³/mol. The van der Waals surface area contributed by atoms with Crippen LogP contribution in [0.2, 0.25) is 0 Å². The summed E-state index contributed by atoms with van der Waals surface area (Å²) in [4.78, 5) is 11.0. The van der Waals surface area contributed by atoms with Gasteiger partial charge in [0.15, 0.2) is 11.6 Å². The summed E-state index contributed by atoms with van der Waals surface area (Å²) in [7, 11) is 1.32. The monoisotopic (exact) mass is 267 g/mol. The van der Waals surface area contributed by atoms with Crippen molar-refractivity contribution in [1.29, 1.82) is 0 Å². The maximum absolute atomic E-state index is 13.7. The summed E-state index contributed by atoms with van der Waals surface area (Å²) in [6.07, 6.45) is 2.46. The highest BCUT2D eigenvalue weighted by molar-refractivity contribution is 5.69. The van der Waals surface area contributed by atoms with Crippen molar-refractivity contribution in [2.75, 3.05) is 13.7 Å². The lowest BCUT2D eigenvalue weighted by Gasteiger charge is -2.12. The van der Waals surface area contributed by atoms with Crippen LogP contribution in [-0.4, -0.2) is 25.7 Å². The molecule has 1 aliphatic rings. The topological polar surface area (TPSA) is 47.6 Å². The largest absolute Gasteiger partial charge is 0.490 e. The highest BCUT2D eigenvalue weighted by Crippen LogP contribution is 2.25. The standard InChI is InChI=1S/C14H18FNO3/c1-18-13(17)7-8-19-14-10(3-2-4-12(14)15)9-16-11-5-6-11/h2-4,11,16H,5-9H2,1H3. The zero-order valence-electron chi connectivity index (χ0n) is 10.9. The molecule has 1 aliphatic carbocycles. The summed E-state index contributed by atoms with van der Waals surface area (Å²) in [6, 6.07) is 5.39. The van der Waals surface area contributed by atoms with Crippen molar-refractivity contribution in [2.45, 2.75) is 31.8 Å². The van der Waals surface area contributed by atoms with E-state index in [1.54, 1.807) is 6.07 Å². The first-order chi connectivity index (χ1) is 9.20. The van der Waals surface area contributed by atoms with E-state index >= 15 is 0 Å². The molecule has 0 aromatic heterocycles. The van der Waals surface area contributed by atoms with Gasteiger partial charge >= 0.3 is 5.97 Å². The fraction of sp³-hybridized carbons (Fsp3) is 0.500. The molecule has 19 heavy (non-hydrogen) atoms. The van der Waals surface area contributed by atoms with Crippen LogP contribution >= 0.6 is 0 Å². The van der Waals surface area contributed by atoms with E-state index in [-0.39, 0.29) is 24.7 Å². The summed E-state index contributed by atoms with van der Waals surface area (Å²) in [6.45, 7) is 0.694. The number of ether oxygens (including phenoxy) is 2. The van der Waals surface area contributed by atoms with E-state index in [9.17, 15) is 9.18 Å². The summed E-state index contributed by atoms with van der Waals surface area (Å²) in [5.74, 6) is -0.548. The molecule has 0 unspecified atom stereocenters. The number of carbonyl (C=O) groups excluding carboxylic acids is 1. The van der Waals surface area contributed by atoms with E-state index in [4.69, 9.17) is 4.74 Å². The van der Waals surface area contributed by atoms with Crippen LogP contribution in [0.3, 0.4) is 0 Å². The van der Waals surface area contributed by atoms with E-state index in [0.29, 0.717) is 12.6 Å². The van der Waals surface area contributed by atoms with Gasteiger partial charge in [0.2, 0.25) is 0 Å². The fourth-order valence-corrected chi connectivity index (χ4v) is 1.73. The SMILES string of the molecule is COC(=O)CCOc1c(F)cccc1CNC1CC1. The number of rotatable bonds is 7. The molecule has 0 atom stereocenters. The van der Waals surface area contributed by atoms with Gasteiger partial charge in [0.25, 0.3) is 0 Å². The molecule has 104 valence electrons. The highest BCUT2D eigenvalue weighted by atomic mass is 19.1. The second-order valence-corrected chi connectivity index (χ2v) is 4.56. The summed E-state index contributed by atoms with van der Waals surface area (Å²) in [5.41, 5.74) is 0.775. The van der Waals surface area contributed by atoms with Crippen molar-refractivity contribution < 1.29 is 18.7 Å². The Balaban J connectivity index is 1.93. The average molecular weight is 267 g/mol. The zero-order chi connectivity index (χ0) is 13.7. The van der Waals surface area contributed by atoms with Crippen LogP contribution in [0.4, 0.5) is 4.39 Å².